The van der Waals surface area contributed by atoms with Crippen LogP contribution in [0.2, 0.25) is 0 Å². The number of aromatic carboxylic acids is 1. The van der Waals surface area contributed by atoms with Gasteiger partial charge in [0.05, 0.1) is 5.56 Å². The lowest BCUT2D eigenvalue weighted by atomic mass is 10.0. The number of phenolic OH excluding ortho intramolecular Hbond substituents is 1. The number of carbonyl (C=O) groups is 1. The van der Waals surface area contributed by atoms with Crippen molar-refractivity contribution in [1.82, 2.24) is 0 Å². The Morgan fingerprint density at radius 2 is 2.14 bits per heavy atom. The number of hydrogen-bond donors (Lipinski definition) is 2. The van der Waals surface area contributed by atoms with Gasteiger partial charge >= 0.3 is 5.97 Å². The minimum atomic E-state index is -0.916. The second kappa shape index (κ2) is 3.33. The lowest BCUT2D eigenvalue weighted by molar-refractivity contribution is 0.0695. The van der Waals surface area contributed by atoms with Crippen LogP contribution >= 0.6 is 0 Å². The molecule has 0 aliphatic heterocycles. The van der Waals surface area contributed by atoms with Crippen LogP contribution in [0.15, 0.2) is 18.2 Å². The van der Waals surface area contributed by atoms with Gasteiger partial charge in [-0.3, -0.25) is 0 Å². The first-order valence-electron chi connectivity index (χ1n) is 4.72. The molecule has 1 aliphatic carbocycles. The first-order valence-corrected chi connectivity index (χ1v) is 4.72. The number of phenols is 1. The molecule has 0 unspecified atom stereocenters. The second-order valence-electron chi connectivity index (χ2n) is 3.79. The maximum absolute atomic E-state index is 10.9. The summed E-state index contributed by atoms with van der Waals surface area (Å²) in [7, 11) is 0. The third-order valence-corrected chi connectivity index (χ3v) is 2.52. The van der Waals surface area contributed by atoms with Crippen LogP contribution in [0, 0.1) is 5.92 Å². The zero-order valence-electron chi connectivity index (χ0n) is 7.73. The summed E-state index contributed by atoms with van der Waals surface area (Å²) in [6.45, 7) is 0. The van der Waals surface area contributed by atoms with Crippen LogP contribution in [-0.4, -0.2) is 16.2 Å². The van der Waals surface area contributed by atoms with Gasteiger partial charge in [-0.2, -0.15) is 0 Å². The highest BCUT2D eigenvalue weighted by atomic mass is 16.4. The van der Waals surface area contributed by atoms with Gasteiger partial charge in [0.25, 0.3) is 0 Å². The number of rotatable bonds is 3. The molecule has 0 amide bonds. The maximum Gasteiger partial charge on any atom is 0.335 e. The van der Waals surface area contributed by atoms with Crippen molar-refractivity contribution in [3.8, 4) is 5.75 Å². The van der Waals surface area contributed by atoms with Gasteiger partial charge in [-0.1, -0.05) is 0 Å². The van der Waals surface area contributed by atoms with Crippen molar-refractivity contribution in [3.05, 3.63) is 29.3 Å². The van der Waals surface area contributed by atoms with E-state index in [2.05, 4.69) is 0 Å². The molecule has 1 saturated carbocycles. The molecular formula is C11H12O3. The maximum atomic E-state index is 10.9. The summed E-state index contributed by atoms with van der Waals surface area (Å²) in [4.78, 5) is 10.9. The molecule has 0 radical (unpaired) electrons. The zero-order chi connectivity index (χ0) is 10.1. The van der Waals surface area contributed by atoms with Gasteiger partial charge in [-0.15, -0.1) is 0 Å². The molecule has 0 saturated heterocycles. The van der Waals surface area contributed by atoms with Gasteiger partial charge in [-0.25, -0.2) is 4.79 Å². The fourth-order valence-electron chi connectivity index (χ4n) is 1.59. The number of carboxylic acid groups (broad SMARTS) is 1. The fraction of sp³-hybridized carbons (Fsp3) is 0.364. The predicted octanol–water partition coefficient (Wildman–Crippen LogP) is 2.04. The quantitative estimate of drug-likeness (QED) is 0.770. The van der Waals surface area contributed by atoms with E-state index >= 15 is 0 Å². The molecule has 0 aromatic heterocycles. The van der Waals surface area contributed by atoms with Gasteiger partial charge in [-0.05, 0) is 48.9 Å². The van der Waals surface area contributed by atoms with Crippen LogP contribution in [0.5, 0.6) is 5.75 Å². The Morgan fingerprint density at radius 3 is 2.71 bits per heavy atom. The third kappa shape index (κ3) is 1.87. The van der Waals surface area contributed by atoms with E-state index in [4.69, 9.17) is 5.11 Å². The molecule has 14 heavy (non-hydrogen) atoms. The summed E-state index contributed by atoms with van der Waals surface area (Å²) >= 11 is 0. The Kier molecular flexibility index (Phi) is 2.15. The zero-order valence-corrected chi connectivity index (χ0v) is 7.73. The smallest absolute Gasteiger partial charge is 0.335 e. The molecule has 3 nitrogen and oxygen atoms in total. The molecule has 2 rings (SSSR count). The minimum Gasteiger partial charge on any atom is -0.508 e. The van der Waals surface area contributed by atoms with E-state index in [1.165, 1.54) is 25.0 Å². The number of aromatic hydroxyl groups is 1. The number of benzene rings is 1. The van der Waals surface area contributed by atoms with E-state index in [-0.39, 0.29) is 5.75 Å². The SMILES string of the molecule is O=C(O)c1ccc(O)cc1CC1CC1. The molecule has 0 bridgehead atoms. The van der Waals surface area contributed by atoms with Crippen LogP contribution in [0.1, 0.15) is 28.8 Å². The highest BCUT2D eigenvalue weighted by molar-refractivity contribution is 5.89. The summed E-state index contributed by atoms with van der Waals surface area (Å²) in [6, 6.07) is 4.44. The van der Waals surface area contributed by atoms with E-state index in [0.717, 1.165) is 12.0 Å². The van der Waals surface area contributed by atoms with Crippen molar-refractivity contribution in [2.24, 2.45) is 5.92 Å². The van der Waals surface area contributed by atoms with Gasteiger partial charge < -0.3 is 10.2 Å². The van der Waals surface area contributed by atoms with Crippen molar-refractivity contribution in [3.63, 3.8) is 0 Å². The first kappa shape index (κ1) is 9.06. The van der Waals surface area contributed by atoms with E-state index < -0.39 is 5.97 Å². The first-order chi connectivity index (χ1) is 6.66. The van der Waals surface area contributed by atoms with Crippen LogP contribution < -0.4 is 0 Å². The normalized spacial score (nSPS) is 15.4. The molecule has 1 aromatic carbocycles. The molecule has 0 atom stereocenters. The fourth-order valence-corrected chi connectivity index (χ4v) is 1.59. The largest absolute Gasteiger partial charge is 0.508 e. The van der Waals surface area contributed by atoms with Crippen molar-refractivity contribution in [2.75, 3.05) is 0 Å². The van der Waals surface area contributed by atoms with E-state index in [1.807, 2.05) is 0 Å². The summed E-state index contributed by atoms with van der Waals surface area (Å²) in [5.41, 5.74) is 1.06. The van der Waals surface area contributed by atoms with Gasteiger partial charge in [0.15, 0.2) is 0 Å². The van der Waals surface area contributed by atoms with Gasteiger partial charge in [0, 0.05) is 0 Å². The lowest BCUT2D eigenvalue weighted by Crippen LogP contribution is -2.02. The summed E-state index contributed by atoms with van der Waals surface area (Å²) in [5, 5.41) is 18.2. The number of hydrogen-bond acceptors (Lipinski definition) is 2. The summed E-state index contributed by atoms with van der Waals surface area (Å²) in [5.74, 6) is -0.152. The van der Waals surface area contributed by atoms with Crippen LogP contribution in [0.25, 0.3) is 0 Å². The highest BCUT2D eigenvalue weighted by Gasteiger charge is 2.24. The average molecular weight is 192 g/mol. The van der Waals surface area contributed by atoms with Crippen molar-refractivity contribution in [2.45, 2.75) is 19.3 Å². The van der Waals surface area contributed by atoms with Crippen molar-refractivity contribution >= 4 is 5.97 Å². The standard InChI is InChI=1S/C11H12O3/c12-9-3-4-10(11(13)14)8(6-9)5-7-1-2-7/h3-4,6-7,12H,1-2,5H2,(H,13,14). The van der Waals surface area contributed by atoms with E-state index in [1.54, 1.807) is 6.07 Å². The molecule has 1 aliphatic rings. The molecule has 1 aromatic rings. The summed E-state index contributed by atoms with van der Waals surface area (Å²) < 4.78 is 0. The van der Waals surface area contributed by atoms with Crippen molar-refractivity contribution < 1.29 is 15.0 Å². The molecule has 2 N–H and O–H groups in total. The molecular weight excluding hydrogens is 180 g/mol. The van der Waals surface area contributed by atoms with E-state index in [9.17, 15) is 9.90 Å². The Labute approximate surface area is 82.0 Å². The van der Waals surface area contributed by atoms with Crippen LogP contribution in [0.4, 0.5) is 0 Å². The monoisotopic (exact) mass is 192 g/mol. The van der Waals surface area contributed by atoms with Crippen molar-refractivity contribution in [1.29, 1.82) is 0 Å². The van der Waals surface area contributed by atoms with Crippen LogP contribution in [-0.2, 0) is 6.42 Å². The van der Waals surface area contributed by atoms with E-state index in [0.29, 0.717) is 11.5 Å². The molecule has 74 valence electrons. The molecule has 0 heterocycles. The third-order valence-electron chi connectivity index (χ3n) is 2.52. The Hall–Kier alpha value is -1.51. The lowest BCUT2D eigenvalue weighted by Gasteiger charge is -2.05. The minimum absolute atomic E-state index is 0.144. The topological polar surface area (TPSA) is 57.5 Å². The Balaban J connectivity index is 2.31. The molecule has 0 spiro atoms. The Morgan fingerprint density at radius 1 is 1.43 bits per heavy atom. The second-order valence-corrected chi connectivity index (χ2v) is 3.79. The molecule has 3 heteroatoms. The van der Waals surface area contributed by atoms with Gasteiger partial charge in [0.1, 0.15) is 5.75 Å². The van der Waals surface area contributed by atoms with Crippen LogP contribution in [0.3, 0.4) is 0 Å². The summed E-state index contributed by atoms with van der Waals surface area (Å²) in [6.07, 6.45) is 3.12. The highest BCUT2D eigenvalue weighted by Crippen LogP contribution is 2.34. The van der Waals surface area contributed by atoms with Gasteiger partial charge in [0.2, 0.25) is 0 Å². The average Bonchev–Trinajstić information content (AvgIpc) is 2.87. The Bertz CT molecular complexity index is 367. The predicted molar refractivity (Wildman–Crippen MR) is 51.5 cm³/mol. The number of carboxylic acids is 1. The molecule has 1 fully saturated rings.